The summed E-state index contributed by atoms with van der Waals surface area (Å²) in [6.07, 6.45) is 2.85. The van der Waals surface area contributed by atoms with E-state index in [4.69, 9.17) is 11.6 Å². The van der Waals surface area contributed by atoms with Gasteiger partial charge in [0.2, 0.25) is 0 Å². The van der Waals surface area contributed by atoms with Crippen LogP contribution < -0.4 is 5.32 Å². The molecule has 0 amide bonds. The van der Waals surface area contributed by atoms with Crippen molar-refractivity contribution in [1.82, 2.24) is 15.1 Å². The van der Waals surface area contributed by atoms with Crippen LogP contribution in [0.1, 0.15) is 24.5 Å². The number of benzene rings is 1. The molecular weight excluding hydrogens is 331 g/mol. The van der Waals surface area contributed by atoms with E-state index < -0.39 is 11.9 Å². The topological polar surface area (TPSA) is 61.3 Å². The molecule has 1 fully saturated rings. The maximum absolute atomic E-state index is 13.1. The summed E-state index contributed by atoms with van der Waals surface area (Å²) < 4.78 is 13.1. The molecular formula is C17H20ClFN4O. The number of halogens is 2. The summed E-state index contributed by atoms with van der Waals surface area (Å²) in [6.45, 7) is 2.23. The third-order valence-electron chi connectivity index (χ3n) is 4.26. The van der Waals surface area contributed by atoms with Crippen LogP contribution in [0.25, 0.3) is 0 Å². The monoisotopic (exact) mass is 350 g/mol. The largest absolute Gasteiger partial charge is 0.387 e. The molecule has 1 atom stereocenters. The zero-order valence-electron chi connectivity index (χ0n) is 13.2. The van der Waals surface area contributed by atoms with Crippen LogP contribution in [0.4, 0.5) is 10.2 Å². The minimum Gasteiger partial charge on any atom is -0.387 e. The average molecular weight is 351 g/mol. The summed E-state index contributed by atoms with van der Waals surface area (Å²) in [4.78, 5) is 2.19. The zero-order valence-corrected chi connectivity index (χ0v) is 14.0. The van der Waals surface area contributed by atoms with Crippen LogP contribution in [0.5, 0.6) is 0 Å². The second-order valence-electron chi connectivity index (χ2n) is 6.01. The van der Waals surface area contributed by atoms with Crippen molar-refractivity contribution in [3.8, 4) is 0 Å². The Morgan fingerprint density at radius 2 is 2.12 bits per heavy atom. The fourth-order valence-corrected chi connectivity index (χ4v) is 3.26. The third kappa shape index (κ3) is 4.41. The van der Waals surface area contributed by atoms with Crippen molar-refractivity contribution < 1.29 is 9.50 Å². The SMILES string of the molecule is OC(CN1CCC(Nc2cccnn2)CC1)c1ccc(F)cc1Cl. The predicted octanol–water partition coefficient (Wildman–Crippen LogP) is 2.88. The van der Waals surface area contributed by atoms with Crippen LogP contribution >= 0.6 is 11.6 Å². The molecule has 2 aromatic rings. The Morgan fingerprint density at radius 3 is 2.79 bits per heavy atom. The van der Waals surface area contributed by atoms with E-state index in [1.54, 1.807) is 12.3 Å². The van der Waals surface area contributed by atoms with Gasteiger partial charge in [-0.3, -0.25) is 0 Å². The molecule has 0 saturated carbocycles. The van der Waals surface area contributed by atoms with Gasteiger partial charge in [-0.1, -0.05) is 17.7 Å². The molecule has 24 heavy (non-hydrogen) atoms. The average Bonchev–Trinajstić information content (AvgIpc) is 2.57. The number of nitrogens with one attached hydrogen (secondary N) is 1. The summed E-state index contributed by atoms with van der Waals surface area (Å²) in [5, 5.41) is 21.9. The lowest BCUT2D eigenvalue weighted by molar-refractivity contribution is 0.0991. The first-order chi connectivity index (χ1) is 11.6. The van der Waals surface area contributed by atoms with E-state index in [0.29, 0.717) is 18.2 Å². The molecule has 0 radical (unpaired) electrons. The number of nitrogens with zero attached hydrogens (tertiary/aromatic N) is 3. The van der Waals surface area contributed by atoms with Crippen LogP contribution in [0.3, 0.4) is 0 Å². The number of aliphatic hydroxyl groups is 1. The van der Waals surface area contributed by atoms with Gasteiger partial charge >= 0.3 is 0 Å². The summed E-state index contributed by atoms with van der Waals surface area (Å²) in [7, 11) is 0. The Labute approximate surface area is 145 Å². The summed E-state index contributed by atoms with van der Waals surface area (Å²) in [5.74, 6) is 0.390. The van der Waals surface area contributed by atoms with Crippen molar-refractivity contribution >= 4 is 17.4 Å². The van der Waals surface area contributed by atoms with Gasteiger partial charge in [0.1, 0.15) is 11.6 Å². The Bertz CT molecular complexity index is 665. The van der Waals surface area contributed by atoms with Crippen LogP contribution in [0.2, 0.25) is 5.02 Å². The second-order valence-corrected chi connectivity index (χ2v) is 6.42. The first-order valence-electron chi connectivity index (χ1n) is 8.01. The Balaban J connectivity index is 1.50. The van der Waals surface area contributed by atoms with Gasteiger partial charge in [-0.2, -0.15) is 5.10 Å². The van der Waals surface area contributed by atoms with E-state index in [1.807, 2.05) is 12.1 Å². The molecule has 0 aliphatic carbocycles. The molecule has 1 unspecified atom stereocenters. The number of anilines is 1. The van der Waals surface area contributed by atoms with E-state index in [-0.39, 0.29) is 5.02 Å². The van der Waals surface area contributed by atoms with E-state index in [2.05, 4.69) is 20.4 Å². The van der Waals surface area contributed by atoms with Crippen LogP contribution in [-0.2, 0) is 0 Å². The number of aromatic nitrogens is 2. The van der Waals surface area contributed by atoms with Gasteiger partial charge in [0, 0.05) is 42.5 Å². The number of hydrogen-bond donors (Lipinski definition) is 2. The highest BCUT2D eigenvalue weighted by Crippen LogP contribution is 2.25. The van der Waals surface area contributed by atoms with Crippen molar-refractivity contribution in [3.05, 3.63) is 52.9 Å². The molecule has 0 bridgehead atoms. The molecule has 1 saturated heterocycles. The van der Waals surface area contributed by atoms with E-state index in [0.717, 1.165) is 31.7 Å². The van der Waals surface area contributed by atoms with E-state index in [9.17, 15) is 9.50 Å². The molecule has 3 rings (SSSR count). The van der Waals surface area contributed by atoms with Crippen molar-refractivity contribution in [3.63, 3.8) is 0 Å². The first kappa shape index (κ1) is 17.1. The maximum Gasteiger partial charge on any atom is 0.148 e. The highest BCUT2D eigenvalue weighted by molar-refractivity contribution is 6.31. The van der Waals surface area contributed by atoms with Crippen molar-refractivity contribution in [2.45, 2.75) is 25.0 Å². The van der Waals surface area contributed by atoms with Crippen LogP contribution in [0, 0.1) is 5.82 Å². The molecule has 0 spiro atoms. The standard InChI is InChI=1S/C17H20ClFN4O/c18-15-10-12(19)3-4-14(15)16(24)11-23-8-5-13(6-9-23)21-17-2-1-7-20-22-17/h1-4,7,10,13,16,24H,5-6,8-9,11H2,(H,21,22). The molecule has 7 heteroatoms. The van der Waals surface area contributed by atoms with Gasteiger partial charge in [0.25, 0.3) is 0 Å². The highest BCUT2D eigenvalue weighted by Gasteiger charge is 2.22. The van der Waals surface area contributed by atoms with Crippen molar-refractivity contribution in [2.75, 3.05) is 25.0 Å². The molecule has 128 valence electrons. The smallest absolute Gasteiger partial charge is 0.148 e. The van der Waals surface area contributed by atoms with Gasteiger partial charge in [-0.15, -0.1) is 5.10 Å². The fourth-order valence-electron chi connectivity index (χ4n) is 2.96. The lowest BCUT2D eigenvalue weighted by Gasteiger charge is -2.33. The summed E-state index contributed by atoms with van der Waals surface area (Å²) >= 11 is 6.01. The number of piperidine rings is 1. The number of likely N-dealkylation sites (tertiary alicyclic amines) is 1. The van der Waals surface area contributed by atoms with Crippen molar-refractivity contribution in [1.29, 1.82) is 0 Å². The normalized spacial score (nSPS) is 17.6. The quantitative estimate of drug-likeness (QED) is 0.868. The zero-order chi connectivity index (χ0) is 16.9. The molecule has 1 aliphatic heterocycles. The fraction of sp³-hybridized carbons (Fsp3) is 0.412. The lowest BCUT2D eigenvalue weighted by atomic mass is 10.0. The Morgan fingerprint density at radius 1 is 1.33 bits per heavy atom. The molecule has 2 N–H and O–H groups in total. The number of hydrogen-bond acceptors (Lipinski definition) is 5. The Kier molecular flexibility index (Phi) is 5.60. The third-order valence-corrected chi connectivity index (χ3v) is 4.59. The maximum atomic E-state index is 13.1. The van der Waals surface area contributed by atoms with Gasteiger partial charge in [-0.05, 0) is 37.1 Å². The minimum absolute atomic E-state index is 0.265. The van der Waals surface area contributed by atoms with E-state index in [1.165, 1.54) is 12.1 Å². The second kappa shape index (κ2) is 7.88. The predicted molar refractivity (Wildman–Crippen MR) is 91.5 cm³/mol. The molecule has 1 aromatic carbocycles. The highest BCUT2D eigenvalue weighted by atomic mass is 35.5. The van der Waals surface area contributed by atoms with Crippen molar-refractivity contribution in [2.24, 2.45) is 0 Å². The summed E-state index contributed by atoms with van der Waals surface area (Å²) in [6, 6.07) is 8.21. The molecule has 2 heterocycles. The first-order valence-corrected chi connectivity index (χ1v) is 8.39. The molecule has 1 aromatic heterocycles. The summed E-state index contributed by atoms with van der Waals surface area (Å²) in [5.41, 5.74) is 0.567. The molecule has 5 nitrogen and oxygen atoms in total. The Hall–Kier alpha value is -1.76. The lowest BCUT2D eigenvalue weighted by Crippen LogP contribution is -2.41. The van der Waals surface area contributed by atoms with Crippen LogP contribution in [-0.4, -0.2) is 45.9 Å². The number of rotatable bonds is 5. The van der Waals surface area contributed by atoms with Crippen LogP contribution in [0.15, 0.2) is 36.5 Å². The van der Waals surface area contributed by atoms with E-state index >= 15 is 0 Å². The number of β-amino-alcohol motifs (C(OH)–C–C–N with tert-alkyl or cyclic N) is 1. The number of aliphatic hydroxyl groups excluding tert-OH is 1. The van der Waals surface area contributed by atoms with Gasteiger partial charge in [0.15, 0.2) is 0 Å². The minimum atomic E-state index is -0.720. The van der Waals surface area contributed by atoms with Gasteiger partial charge < -0.3 is 15.3 Å². The van der Waals surface area contributed by atoms with Gasteiger partial charge in [0.05, 0.1) is 6.10 Å². The van der Waals surface area contributed by atoms with Gasteiger partial charge in [-0.25, -0.2) is 4.39 Å². The molecule has 1 aliphatic rings.